The Hall–Kier alpha value is -2.62. The Morgan fingerprint density at radius 1 is 1.24 bits per heavy atom. The van der Waals surface area contributed by atoms with Gasteiger partial charge in [-0.3, -0.25) is 9.59 Å². The zero-order valence-electron chi connectivity index (χ0n) is 18.4. The Morgan fingerprint density at radius 3 is 2.67 bits per heavy atom. The fourth-order valence-electron chi connectivity index (χ4n) is 4.04. The number of nitrogens with one attached hydrogen (secondary N) is 2. The molecule has 4 rings (SSSR count). The fraction of sp³-hybridized carbons (Fsp3) is 0.391. The number of benzene rings is 2. The van der Waals surface area contributed by atoms with E-state index >= 15 is 0 Å². The molecule has 2 aromatic carbocycles. The molecule has 1 saturated heterocycles. The van der Waals surface area contributed by atoms with E-state index in [1.165, 1.54) is 16.4 Å². The summed E-state index contributed by atoms with van der Waals surface area (Å²) in [6.07, 6.45) is 0.757. The Morgan fingerprint density at radius 2 is 1.97 bits per heavy atom. The number of ether oxygens (including phenoxy) is 1. The van der Waals surface area contributed by atoms with E-state index in [2.05, 4.69) is 10.6 Å². The van der Waals surface area contributed by atoms with Gasteiger partial charge in [0.05, 0.1) is 10.6 Å². The molecule has 1 fully saturated rings. The second kappa shape index (κ2) is 9.32. The van der Waals surface area contributed by atoms with Crippen LogP contribution in [0.4, 0.5) is 11.4 Å². The molecule has 0 radical (unpaired) electrons. The van der Waals surface area contributed by atoms with Crippen LogP contribution < -0.4 is 15.4 Å². The minimum absolute atomic E-state index is 0.0811. The van der Waals surface area contributed by atoms with Crippen molar-refractivity contribution in [3.8, 4) is 5.75 Å². The normalized spacial score (nSPS) is 19.4. The fourth-order valence-corrected chi connectivity index (χ4v) is 5.71. The number of rotatable bonds is 5. The smallest absolute Gasteiger partial charge is 0.265 e. The Kier molecular flexibility index (Phi) is 6.65. The van der Waals surface area contributed by atoms with Gasteiger partial charge in [0.2, 0.25) is 15.9 Å². The van der Waals surface area contributed by atoms with Gasteiger partial charge < -0.3 is 15.4 Å². The quantitative estimate of drug-likeness (QED) is 0.662. The van der Waals surface area contributed by atoms with Gasteiger partial charge in [0.1, 0.15) is 5.75 Å². The molecule has 10 heteroatoms. The third-order valence-corrected chi connectivity index (χ3v) is 8.43. The molecule has 176 valence electrons. The van der Waals surface area contributed by atoms with Crippen molar-refractivity contribution in [1.29, 1.82) is 0 Å². The molecule has 0 unspecified atom stereocenters. The molecular formula is C23H26ClN3O5S. The van der Waals surface area contributed by atoms with Crippen LogP contribution in [-0.2, 0) is 19.6 Å². The summed E-state index contributed by atoms with van der Waals surface area (Å²) in [6.45, 7) is 4.13. The van der Waals surface area contributed by atoms with Crippen LogP contribution in [0.1, 0.15) is 31.7 Å². The maximum Gasteiger partial charge on any atom is 0.265 e. The molecule has 2 aliphatic rings. The van der Waals surface area contributed by atoms with Crippen LogP contribution in [0.5, 0.6) is 5.75 Å². The lowest BCUT2D eigenvalue weighted by Gasteiger charge is -2.31. The van der Waals surface area contributed by atoms with E-state index in [0.29, 0.717) is 41.4 Å². The maximum absolute atomic E-state index is 13.2. The summed E-state index contributed by atoms with van der Waals surface area (Å²) in [4.78, 5) is 24.9. The van der Waals surface area contributed by atoms with E-state index in [9.17, 15) is 18.0 Å². The summed E-state index contributed by atoms with van der Waals surface area (Å²) in [5, 5.41) is 6.20. The van der Waals surface area contributed by atoms with Gasteiger partial charge in [-0.15, -0.1) is 0 Å². The minimum Gasteiger partial charge on any atom is -0.478 e. The summed E-state index contributed by atoms with van der Waals surface area (Å²) in [6, 6.07) is 9.80. The van der Waals surface area contributed by atoms with Crippen LogP contribution in [0, 0.1) is 12.8 Å². The Labute approximate surface area is 198 Å². The molecule has 0 bridgehead atoms. The van der Waals surface area contributed by atoms with E-state index in [1.807, 2.05) is 13.8 Å². The average Bonchev–Trinajstić information content (AvgIpc) is 2.81. The number of hydrogen-bond donors (Lipinski definition) is 2. The summed E-state index contributed by atoms with van der Waals surface area (Å²) in [5.41, 5.74) is 1.80. The van der Waals surface area contributed by atoms with Crippen LogP contribution in [0.2, 0.25) is 5.02 Å². The lowest BCUT2D eigenvalue weighted by molar-refractivity contribution is -0.123. The summed E-state index contributed by atoms with van der Waals surface area (Å²) in [7, 11) is -3.78. The van der Waals surface area contributed by atoms with Crippen molar-refractivity contribution in [3.63, 3.8) is 0 Å². The van der Waals surface area contributed by atoms with Crippen molar-refractivity contribution in [3.05, 3.63) is 47.0 Å². The number of amides is 2. The average molecular weight is 492 g/mol. The van der Waals surface area contributed by atoms with Gasteiger partial charge in [-0.25, -0.2) is 8.42 Å². The summed E-state index contributed by atoms with van der Waals surface area (Å²) < 4.78 is 33.4. The lowest BCUT2D eigenvalue weighted by Crippen LogP contribution is -2.41. The van der Waals surface area contributed by atoms with Crippen LogP contribution in [0.3, 0.4) is 0 Å². The second-order valence-corrected chi connectivity index (χ2v) is 10.6. The van der Waals surface area contributed by atoms with Crippen LogP contribution in [0.15, 0.2) is 41.3 Å². The van der Waals surface area contributed by atoms with Crippen molar-refractivity contribution in [2.45, 2.75) is 44.1 Å². The van der Waals surface area contributed by atoms with Gasteiger partial charge in [0.25, 0.3) is 5.91 Å². The largest absolute Gasteiger partial charge is 0.478 e. The van der Waals surface area contributed by atoms with Gasteiger partial charge in [-0.1, -0.05) is 24.6 Å². The first-order chi connectivity index (χ1) is 15.7. The topological polar surface area (TPSA) is 105 Å². The summed E-state index contributed by atoms with van der Waals surface area (Å²) >= 11 is 6.12. The number of carbonyl (C=O) groups excluding carboxylic acids is 2. The van der Waals surface area contributed by atoms with Crippen LogP contribution in [0.25, 0.3) is 0 Å². The highest BCUT2D eigenvalue weighted by Crippen LogP contribution is 2.34. The predicted molar refractivity (Wildman–Crippen MR) is 126 cm³/mol. The van der Waals surface area contributed by atoms with Crippen LogP contribution in [-0.4, -0.2) is 43.7 Å². The molecule has 0 aliphatic carbocycles. The number of hydrogen-bond acceptors (Lipinski definition) is 5. The first-order valence-corrected chi connectivity index (χ1v) is 12.7. The molecule has 0 spiro atoms. The molecule has 0 saturated carbocycles. The monoisotopic (exact) mass is 491 g/mol. The summed E-state index contributed by atoms with van der Waals surface area (Å²) in [5.74, 6) is -0.276. The minimum atomic E-state index is -3.78. The van der Waals surface area contributed by atoms with E-state index < -0.39 is 16.1 Å². The zero-order chi connectivity index (χ0) is 23.8. The highest BCUT2D eigenvalue weighted by molar-refractivity contribution is 7.89. The Balaban J connectivity index is 1.42. The Bertz CT molecular complexity index is 1190. The van der Waals surface area contributed by atoms with E-state index in [4.69, 9.17) is 16.3 Å². The maximum atomic E-state index is 13.2. The highest BCUT2D eigenvalue weighted by atomic mass is 35.5. The number of sulfonamides is 1. The molecule has 2 aliphatic heterocycles. The molecule has 8 nitrogen and oxygen atoms in total. The first-order valence-electron chi connectivity index (χ1n) is 10.9. The van der Waals surface area contributed by atoms with E-state index in [-0.39, 0.29) is 35.7 Å². The molecule has 1 atom stereocenters. The first kappa shape index (κ1) is 23.5. The van der Waals surface area contributed by atoms with Gasteiger partial charge in [-0.2, -0.15) is 4.31 Å². The number of anilines is 2. The SMILES string of the molecule is CC[C@H]1Oc2ccc(S(=O)(=O)N3CCC(C(=O)Nc4cccc(Cl)c4C)CC3)cc2NC1=O. The number of nitrogens with zero attached hydrogens (tertiary/aromatic N) is 1. The van der Waals surface area contributed by atoms with Crippen molar-refractivity contribution in [1.82, 2.24) is 4.31 Å². The molecule has 2 amide bonds. The third kappa shape index (κ3) is 4.71. The third-order valence-electron chi connectivity index (χ3n) is 6.13. The van der Waals surface area contributed by atoms with Crippen molar-refractivity contribution >= 4 is 44.8 Å². The van der Waals surface area contributed by atoms with Crippen molar-refractivity contribution < 1.29 is 22.7 Å². The standard InChI is InChI=1S/C23H26ClN3O5S/c1-3-20-23(29)26-19-13-16(7-8-21(19)32-20)33(30,31)27-11-9-15(10-12-27)22(28)25-18-6-4-5-17(24)14(18)2/h4-8,13,15,20H,3,9-12H2,1-2H3,(H,25,28)(H,26,29)/t20-/m1/s1. The molecular weight excluding hydrogens is 466 g/mol. The number of halogens is 1. The molecule has 2 N–H and O–H groups in total. The van der Waals surface area contributed by atoms with Gasteiger partial charge >= 0.3 is 0 Å². The molecule has 33 heavy (non-hydrogen) atoms. The van der Waals surface area contributed by atoms with Crippen molar-refractivity contribution in [2.24, 2.45) is 5.92 Å². The number of fused-ring (bicyclic) bond motifs is 1. The number of carbonyl (C=O) groups is 2. The van der Waals surface area contributed by atoms with E-state index in [1.54, 1.807) is 24.3 Å². The van der Waals surface area contributed by atoms with Gasteiger partial charge in [0.15, 0.2) is 6.10 Å². The van der Waals surface area contributed by atoms with Crippen LogP contribution >= 0.6 is 11.6 Å². The number of piperidine rings is 1. The molecule has 2 heterocycles. The van der Waals surface area contributed by atoms with Gasteiger partial charge in [-0.05, 0) is 62.1 Å². The molecule has 2 aromatic rings. The lowest BCUT2D eigenvalue weighted by atomic mass is 9.97. The van der Waals surface area contributed by atoms with Crippen molar-refractivity contribution in [2.75, 3.05) is 23.7 Å². The second-order valence-electron chi connectivity index (χ2n) is 8.24. The predicted octanol–water partition coefficient (Wildman–Crippen LogP) is 3.80. The van der Waals surface area contributed by atoms with Gasteiger partial charge in [0, 0.05) is 29.7 Å². The van der Waals surface area contributed by atoms with E-state index in [0.717, 1.165) is 5.56 Å². The zero-order valence-corrected chi connectivity index (χ0v) is 20.0. The highest BCUT2D eigenvalue weighted by Gasteiger charge is 2.34. The molecule has 0 aromatic heterocycles.